The van der Waals surface area contributed by atoms with Crippen molar-refractivity contribution >= 4 is 23.2 Å². The van der Waals surface area contributed by atoms with Gasteiger partial charge in [-0.05, 0) is 70.6 Å². The number of aromatic nitrogens is 4. The van der Waals surface area contributed by atoms with E-state index < -0.39 is 0 Å². The maximum Gasteiger partial charge on any atom is 0.228 e. The van der Waals surface area contributed by atoms with Gasteiger partial charge in [-0.25, -0.2) is 0 Å². The number of carbonyl (C=O) groups excluding carboxylic acids is 1. The van der Waals surface area contributed by atoms with E-state index >= 15 is 0 Å². The van der Waals surface area contributed by atoms with Crippen LogP contribution in [0.2, 0.25) is 5.02 Å². The predicted molar refractivity (Wildman–Crippen MR) is 129 cm³/mol. The van der Waals surface area contributed by atoms with Gasteiger partial charge in [0.1, 0.15) is 0 Å². The molecular formula is C25H22ClN5O3. The average Bonchev–Trinajstić information content (AvgIpc) is 3.48. The van der Waals surface area contributed by atoms with Crippen molar-refractivity contribution in [1.29, 1.82) is 0 Å². The molecule has 2 N–H and O–H groups in total. The van der Waals surface area contributed by atoms with E-state index in [1.54, 1.807) is 14.2 Å². The van der Waals surface area contributed by atoms with Crippen LogP contribution >= 0.6 is 11.6 Å². The predicted octanol–water partition coefficient (Wildman–Crippen LogP) is 4.95. The molecule has 1 aromatic heterocycles. The molecule has 0 radical (unpaired) electrons. The van der Waals surface area contributed by atoms with E-state index in [1.807, 2.05) is 60.7 Å². The van der Waals surface area contributed by atoms with Crippen molar-refractivity contribution in [3.63, 3.8) is 0 Å². The fourth-order valence-electron chi connectivity index (χ4n) is 4.16. The Morgan fingerprint density at radius 2 is 1.88 bits per heavy atom. The molecular weight excluding hydrogens is 454 g/mol. The number of hydrogen-bond acceptors (Lipinski definition) is 6. The van der Waals surface area contributed by atoms with E-state index in [1.165, 1.54) is 0 Å². The summed E-state index contributed by atoms with van der Waals surface area (Å²) in [6, 6.07) is 19.0. The van der Waals surface area contributed by atoms with Crippen LogP contribution < -0.4 is 14.8 Å². The van der Waals surface area contributed by atoms with Gasteiger partial charge in [0.25, 0.3) is 0 Å². The topological polar surface area (TPSA) is 102 Å². The zero-order chi connectivity index (χ0) is 23.7. The molecule has 0 aliphatic heterocycles. The number of ether oxygens (including phenoxy) is 2. The number of benzene rings is 3. The van der Waals surface area contributed by atoms with E-state index in [9.17, 15) is 4.79 Å². The van der Waals surface area contributed by atoms with Crippen LogP contribution in [0.15, 0.2) is 60.7 Å². The normalized spacial score (nSPS) is 16.7. The lowest BCUT2D eigenvalue weighted by molar-refractivity contribution is -0.117. The van der Waals surface area contributed by atoms with Crippen molar-refractivity contribution in [1.82, 2.24) is 20.6 Å². The molecule has 9 heteroatoms. The van der Waals surface area contributed by atoms with E-state index in [2.05, 4.69) is 25.9 Å². The van der Waals surface area contributed by atoms with Crippen LogP contribution in [0.1, 0.15) is 17.9 Å². The highest BCUT2D eigenvalue weighted by Crippen LogP contribution is 2.48. The summed E-state index contributed by atoms with van der Waals surface area (Å²) >= 11 is 6.11. The summed E-state index contributed by atoms with van der Waals surface area (Å²) in [4.78, 5) is 12.9. The monoisotopic (exact) mass is 475 g/mol. The molecule has 4 aromatic rings. The number of aromatic amines is 1. The van der Waals surface area contributed by atoms with Crippen molar-refractivity contribution in [3.05, 3.63) is 71.2 Å². The molecule has 5 rings (SSSR count). The zero-order valence-corrected chi connectivity index (χ0v) is 19.3. The molecule has 2 atom stereocenters. The Labute approximate surface area is 201 Å². The Bertz CT molecular complexity index is 1340. The van der Waals surface area contributed by atoms with Crippen molar-refractivity contribution in [3.8, 4) is 34.0 Å². The third kappa shape index (κ3) is 4.32. The zero-order valence-electron chi connectivity index (χ0n) is 18.6. The van der Waals surface area contributed by atoms with Crippen LogP contribution in [0.5, 0.6) is 11.5 Å². The Kier molecular flexibility index (Phi) is 5.90. The summed E-state index contributed by atoms with van der Waals surface area (Å²) in [5.74, 6) is 1.73. The number of tetrazole rings is 1. The minimum absolute atomic E-state index is 0.0251. The third-order valence-electron chi connectivity index (χ3n) is 5.97. The molecule has 172 valence electrons. The SMILES string of the molecule is COc1ccc(-c2ccc(NC(=O)C3CC3c3cccc(Cl)c3)cc2-c2nn[nH]n2)cc1OC. The second kappa shape index (κ2) is 9.15. The molecule has 1 saturated carbocycles. The number of methoxy groups -OCH3 is 2. The summed E-state index contributed by atoms with van der Waals surface area (Å²) in [6.07, 6.45) is 0.799. The lowest BCUT2D eigenvalue weighted by Crippen LogP contribution is -2.14. The first-order valence-corrected chi connectivity index (χ1v) is 11.1. The second-order valence-electron chi connectivity index (χ2n) is 8.06. The summed E-state index contributed by atoms with van der Waals surface area (Å²) < 4.78 is 10.8. The van der Waals surface area contributed by atoms with E-state index in [0.29, 0.717) is 28.0 Å². The summed E-state index contributed by atoms with van der Waals surface area (Å²) in [5, 5.41) is 18.2. The van der Waals surface area contributed by atoms with Crippen LogP contribution in [-0.2, 0) is 4.79 Å². The van der Waals surface area contributed by atoms with Gasteiger partial charge in [0.15, 0.2) is 11.5 Å². The molecule has 1 fully saturated rings. The summed E-state index contributed by atoms with van der Waals surface area (Å²) in [7, 11) is 3.19. The molecule has 1 amide bonds. The van der Waals surface area contributed by atoms with Gasteiger partial charge >= 0.3 is 0 Å². The Morgan fingerprint density at radius 1 is 1.03 bits per heavy atom. The Hall–Kier alpha value is -3.91. The van der Waals surface area contributed by atoms with Gasteiger partial charge in [-0.2, -0.15) is 5.21 Å². The molecule has 1 aliphatic rings. The largest absolute Gasteiger partial charge is 0.493 e. The maximum atomic E-state index is 12.9. The molecule has 1 heterocycles. The Balaban J connectivity index is 1.42. The van der Waals surface area contributed by atoms with E-state index in [-0.39, 0.29) is 17.7 Å². The number of hydrogen-bond donors (Lipinski definition) is 2. The smallest absolute Gasteiger partial charge is 0.228 e. The highest BCUT2D eigenvalue weighted by molar-refractivity contribution is 6.30. The number of carbonyl (C=O) groups is 1. The van der Waals surface area contributed by atoms with Crippen molar-refractivity contribution in [2.75, 3.05) is 19.5 Å². The molecule has 34 heavy (non-hydrogen) atoms. The fraction of sp³-hybridized carbons (Fsp3) is 0.200. The van der Waals surface area contributed by atoms with Gasteiger partial charge in [0, 0.05) is 22.2 Å². The molecule has 3 aromatic carbocycles. The lowest BCUT2D eigenvalue weighted by Gasteiger charge is -2.13. The van der Waals surface area contributed by atoms with Crippen LogP contribution in [0, 0.1) is 5.92 Å². The number of H-pyrrole nitrogens is 1. The number of nitrogens with one attached hydrogen (secondary N) is 2. The van der Waals surface area contributed by atoms with Crippen molar-refractivity contribution in [2.45, 2.75) is 12.3 Å². The summed E-state index contributed by atoms with van der Waals surface area (Å²) in [6.45, 7) is 0. The first-order chi connectivity index (χ1) is 16.6. The lowest BCUT2D eigenvalue weighted by atomic mass is 9.98. The second-order valence-corrected chi connectivity index (χ2v) is 8.49. The highest BCUT2D eigenvalue weighted by atomic mass is 35.5. The fourth-order valence-corrected chi connectivity index (χ4v) is 4.36. The number of anilines is 1. The standard InChI is InChI=1S/C25H22ClN5O3/c1-33-22-9-6-15(11-23(22)34-2)18-8-7-17(12-20(18)24-28-30-31-29-24)27-25(32)21-13-19(21)14-4-3-5-16(26)10-14/h3-12,19,21H,13H2,1-2H3,(H,27,32)(H,28,29,30,31). The third-order valence-corrected chi connectivity index (χ3v) is 6.21. The molecule has 1 aliphatic carbocycles. The first-order valence-electron chi connectivity index (χ1n) is 10.7. The van der Waals surface area contributed by atoms with Gasteiger partial charge in [-0.1, -0.05) is 35.9 Å². The van der Waals surface area contributed by atoms with Gasteiger partial charge in [-0.15, -0.1) is 10.2 Å². The molecule has 0 spiro atoms. The molecule has 0 bridgehead atoms. The van der Waals surface area contributed by atoms with Crippen LogP contribution in [0.3, 0.4) is 0 Å². The minimum Gasteiger partial charge on any atom is -0.493 e. The molecule has 8 nitrogen and oxygen atoms in total. The number of rotatable bonds is 7. The van der Waals surface area contributed by atoms with Crippen molar-refractivity contribution < 1.29 is 14.3 Å². The molecule has 2 unspecified atom stereocenters. The average molecular weight is 476 g/mol. The van der Waals surface area contributed by atoms with Gasteiger partial charge in [0.05, 0.1) is 14.2 Å². The van der Waals surface area contributed by atoms with Crippen LogP contribution in [0.25, 0.3) is 22.5 Å². The van der Waals surface area contributed by atoms with E-state index in [0.717, 1.165) is 28.7 Å². The minimum atomic E-state index is -0.0855. The Morgan fingerprint density at radius 3 is 2.62 bits per heavy atom. The van der Waals surface area contributed by atoms with Crippen LogP contribution in [0.4, 0.5) is 5.69 Å². The van der Waals surface area contributed by atoms with E-state index in [4.69, 9.17) is 21.1 Å². The molecule has 0 saturated heterocycles. The quantitative estimate of drug-likeness (QED) is 0.392. The number of halogens is 1. The summed E-state index contributed by atoms with van der Waals surface area (Å²) in [5.41, 5.74) is 4.22. The van der Waals surface area contributed by atoms with Crippen LogP contribution in [-0.4, -0.2) is 40.8 Å². The highest BCUT2D eigenvalue weighted by Gasteiger charge is 2.44. The first kappa shape index (κ1) is 21.9. The van der Waals surface area contributed by atoms with Crippen molar-refractivity contribution in [2.24, 2.45) is 5.92 Å². The number of nitrogens with zero attached hydrogens (tertiary/aromatic N) is 3. The maximum absolute atomic E-state index is 12.9. The van der Waals surface area contributed by atoms with Gasteiger partial charge in [-0.3, -0.25) is 4.79 Å². The van der Waals surface area contributed by atoms with Gasteiger partial charge < -0.3 is 14.8 Å². The van der Waals surface area contributed by atoms with Gasteiger partial charge in [0.2, 0.25) is 11.7 Å². The number of amides is 1.